The highest BCUT2D eigenvalue weighted by Gasteiger charge is 2.26. The lowest BCUT2D eigenvalue weighted by molar-refractivity contribution is 0.249. The molecular weight excluding hydrogens is 498 g/mol. The lowest BCUT2D eigenvalue weighted by Crippen LogP contribution is -2.46. The Labute approximate surface area is 219 Å². The predicted molar refractivity (Wildman–Crippen MR) is 144 cm³/mol. The third-order valence-electron chi connectivity index (χ3n) is 7.12. The molecule has 36 heavy (non-hydrogen) atoms. The molecule has 0 spiro atoms. The maximum absolute atomic E-state index is 12.3. The Morgan fingerprint density at radius 1 is 0.917 bits per heavy atom. The second-order valence-corrected chi connectivity index (χ2v) is 11.5. The third-order valence-corrected chi connectivity index (χ3v) is 9.02. The zero-order valence-corrected chi connectivity index (χ0v) is 22.5. The van der Waals surface area contributed by atoms with Gasteiger partial charge in [0.2, 0.25) is 10.0 Å². The van der Waals surface area contributed by atoms with Crippen molar-refractivity contribution in [2.24, 2.45) is 7.05 Å². The molecule has 11 heteroatoms. The average molecular weight is 532 g/mol. The molecule has 3 aromatic rings. The molecule has 194 valence electrons. The summed E-state index contributed by atoms with van der Waals surface area (Å²) < 4.78 is 28.2. The molecule has 4 heterocycles. The standard InChI is InChI=1S/C25H33N7O2S.ClH/c1-20-23(17-28-29(20)2)19-30-12-14-31(15-13-30)25-24(26-9-10-27-25)22-7-5-21(6-8-22)18-32-11-3-4-16-35(32,33)34;/h5-10,17H,3-4,11-16,18-19H2,1-2H3;1H. The number of piperazine rings is 1. The fourth-order valence-electron chi connectivity index (χ4n) is 4.81. The normalized spacial score (nSPS) is 18.7. The van der Waals surface area contributed by atoms with E-state index in [1.54, 1.807) is 16.7 Å². The van der Waals surface area contributed by atoms with Crippen LogP contribution in [0.15, 0.2) is 42.9 Å². The van der Waals surface area contributed by atoms with Gasteiger partial charge in [0.05, 0.1) is 11.9 Å². The van der Waals surface area contributed by atoms with Crippen LogP contribution in [0.2, 0.25) is 0 Å². The van der Waals surface area contributed by atoms with Crippen LogP contribution in [0.1, 0.15) is 29.7 Å². The molecule has 2 aromatic heterocycles. The molecule has 0 N–H and O–H groups in total. The molecule has 0 bridgehead atoms. The van der Waals surface area contributed by atoms with Crippen molar-refractivity contribution in [3.05, 3.63) is 59.7 Å². The second kappa shape index (κ2) is 11.2. The van der Waals surface area contributed by atoms with E-state index < -0.39 is 10.0 Å². The Hall–Kier alpha value is -2.53. The average Bonchev–Trinajstić information content (AvgIpc) is 3.18. The monoisotopic (exact) mass is 531 g/mol. The first-order valence-electron chi connectivity index (χ1n) is 12.2. The summed E-state index contributed by atoms with van der Waals surface area (Å²) in [5, 5.41) is 4.36. The molecule has 2 saturated heterocycles. The van der Waals surface area contributed by atoms with Gasteiger partial charge in [-0.15, -0.1) is 12.4 Å². The molecule has 0 amide bonds. The van der Waals surface area contributed by atoms with Gasteiger partial charge in [0.25, 0.3) is 0 Å². The van der Waals surface area contributed by atoms with E-state index in [0.717, 1.165) is 68.2 Å². The van der Waals surface area contributed by atoms with Crippen molar-refractivity contribution >= 4 is 28.2 Å². The van der Waals surface area contributed by atoms with E-state index in [9.17, 15) is 8.42 Å². The molecule has 2 fully saturated rings. The van der Waals surface area contributed by atoms with Gasteiger partial charge >= 0.3 is 0 Å². The molecule has 0 saturated carbocycles. The quantitative estimate of drug-likeness (QED) is 0.483. The van der Waals surface area contributed by atoms with E-state index >= 15 is 0 Å². The highest BCUT2D eigenvalue weighted by Crippen LogP contribution is 2.28. The summed E-state index contributed by atoms with van der Waals surface area (Å²) in [7, 11) is -1.15. The summed E-state index contributed by atoms with van der Waals surface area (Å²) in [6.45, 7) is 7.72. The summed E-state index contributed by atoms with van der Waals surface area (Å²) in [5.41, 5.74) is 5.33. The van der Waals surface area contributed by atoms with E-state index in [0.29, 0.717) is 13.1 Å². The Morgan fingerprint density at radius 3 is 2.31 bits per heavy atom. The number of benzene rings is 1. The number of hydrogen-bond acceptors (Lipinski definition) is 7. The predicted octanol–water partition coefficient (Wildman–Crippen LogP) is 2.86. The summed E-state index contributed by atoms with van der Waals surface area (Å²) in [6, 6.07) is 8.07. The van der Waals surface area contributed by atoms with Gasteiger partial charge in [-0.3, -0.25) is 14.6 Å². The largest absolute Gasteiger partial charge is 0.352 e. The number of anilines is 1. The Bertz CT molecular complexity index is 1270. The van der Waals surface area contributed by atoms with Crippen LogP contribution in [-0.2, 0) is 30.2 Å². The van der Waals surface area contributed by atoms with Crippen LogP contribution in [0.25, 0.3) is 11.3 Å². The van der Waals surface area contributed by atoms with Crippen molar-refractivity contribution in [1.82, 2.24) is 29.0 Å². The van der Waals surface area contributed by atoms with Gasteiger partial charge in [-0.05, 0) is 25.3 Å². The Morgan fingerprint density at radius 2 is 1.64 bits per heavy atom. The minimum Gasteiger partial charge on any atom is -0.352 e. The summed E-state index contributed by atoms with van der Waals surface area (Å²) in [6.07, 6.45) is 7.13. The topological polar surface area (TPSA) is 87.5 Å². The summed E-state index contributed by atoms with van der Waals surface area (Å²) >= 11 is 0. The molecule has 9 nitrogen and oxygen atoms in total. The maximum Gasteiger partial charge on any atom is 0.214 e. The molecule has 0 atom stereocenters. The molecule has 0 aliphatic carbocycles. The summed E-state index contributed by atoms with van der Waals surface area (Å²) in [5.74, 6) is 1.15. The lowest BCUT2D eigenvalue weighted by Gasteiger charge is -2.35. The molecule has 0 radical (unpaired) electrons. The van der Waals surface area contributed by atoms with Crippen molar-refractivity contribution in [1.29, 1.82) is 0 Å². The van der Waals surface area contributed by atoms with Gasteiger partial charge in [0.15, 0.2) is 5.82 Å². The third kappa shape index (κ3) is 5.72. The van der Waals surface area contributed by atoms with Crippen LogP contribution in [0, 0.1) is 6.92 Å². The maximum atomic E-state index is 12.3. The number of aromatic nitrogens is 4. The van der Waals surface area contributed by atoms with Gasteiger partial charge in [-0.25, -0.2) is 13.4 Å². The fraction of sp³-hybridized carbons (Fsp3) is 0.480. The van der Waals surface area contributed by atoms with Crippen LogP contribution < -0.4 is 4.90 Å². The van der Waals surface area contributed by atoms with E-state index in [2.05, 4.69) is 31.8 Å². The van der Waals surface area contributed by atoms with Crippen LogP contribution in [0.5, 0.6) is 0 Å². The van der Waals surface area contributed by atoms with Crippen LogP contribution in [0.4, 0.5) is 5.82 Å². The molecule has 2 aliphatic rings. The van der Waals surface area contributed by atoms with Gasteiger partial charge in [0.1, 0.15) is 5.69 Å². The van der Waals surface area contributed by atoms with Gasteiger partial charge < -0.3 is 4.90 Å². The molecule has 2 aliphatic heterocycles. The first-order chi connectivity index (χ1) is 16.9. The van der Waals surface area contributed by atoms with Gasteiger partial charge in [0, 0.05) is 82.1 Å². The number of sulfonamides is 1. The first-order valence-corrected chi connectivity index (χ1v) is 13.8. The Balaban J connectivity index is 0.00000304. The molecule has 5 rings (SSSR count). The number of hydrogen-bond donors (Lipinski definition) is 0. The minimum atomic E-state index is -3.14. The molecule has 0 unspecified atom stereocenters. The number of halogens is 1. The van der Waals surface area contributed by atoms with Crippen molar-refractivity contribution in [3.8, 4) is 11.3 Å². The van der Waals surface area contributed by atoms with Crippen molar-refractivity contribution in [3.63, 3.8) is 0 Å². The molecule has 1 aromatic carbocycles. The summed E-state index contributed by atoms with van der Waals surface area (Å²) in [4.78, 5) is 14.1. The highest BCUT2D eigenvalue weighted by molar-refractivity contribution is 7.89. The SMILES string of the molecule is Cc1c(CN2CCN(c3nccnc3-c3ccc(CN4CCCCS4(=O)=O)cc3)CC2)cnn1C.Cl. The van der Waals surface area contributed by atoms with E-state index in [1.807, 2.05) is 42.2 Å². The Kier molecular flexibility index (Phi) is 8.29. The van der Waals surface area contributed by atoms with Crippen molar-refractivity contribution < 1.29 is 8.42 Å². The number of aryl methyl sites for hydroxylation is 1. The molecular formula is C25H34ClN7O2S. The van der Waals surface area contributed by atoms with Gasteiger partial charge in [-0.1, -0.05) is 24.3 Å². The van der Waals surface area contributed by atoms with E-state index in [-0.39, 0.29) is 18.2 Å². The van der Waals surface area contributed by atoms with Crippen LogP contribution in [-0.4, -0.2) is 75.8 Å². The van der Waals surface area contributed by atoms with E-state index in [1.165, 1.54) is 11.3 Å². The van der Waals surface area contributed by atoms with Crippen LogP contribution >= 0.6 is 12.4 Å². The minimum absolute atomic E-state index is 0. The lowest BCUT2D eigenvalue weighted by atomic mass is 10.1. The van der Waals surface area contributed by atoms with Gasteiger partial charge in [-0.2, -0.15) is 9.40 Å². The van der Waals surface area contributed by atoms with Crippen molar-refractivity contribution in [2.75, 3.05) is 43.4 Å². The smallest absolute Gasteiger partial charge is 0.214 e. The van der Waals surface area contributed by atoms with Crippen LogP contribution in [0.3, 0.4) is 0 Å². The van der Waals surface area contributed by atoms with E-state index in [4.69, 9.17) is 0 Å². The zero-order valence-electron chi connectivity index (χ0n) is 20.9. The highest BCUT2D eigenvalue weighted by atomic mass is 35.5. The number of nitrogens with zero attached hydrogens (tertiary/aromatic N) is 7. The fourth-order valence-corrected chi connectivity index (χ4v) is 6.39. The first kappa shape index (κ1) is 26.5. The second-order valence-electron chi connectivity index (χ2n) is 9.42. The zero-order chi connectivity index (χ0) is 24.4. The number of rotatable bonds is 6. The van der Waals surface area contributed by atoms with Crippen molar-refractivity contribution in [2.45, 2.75) is 32.9 Å².